The van der Waals surface area contributed by atoms with Gasteiger partial charge < -0.3 is 14.8 Å². The summed E-state index contributed by atoms with van der Waals surface area (Å²) in [6.07, 6.45) is -0.883. The van der Waals surface area contributed by atoms with E-state index in [4.69, 9.17) is 9.47 Å². The Kier molecular flexibility index (Phi) is 6.98. The van der Waals surface area contributed by atoms with Crippen LogP contribution in [0.5, 0.6) is 0 Å². The lowest BCUT2D eigenvalue weighted by molar-refractivity contribution is -0.153. The normalized spacial score (nSPS) is 19.5. The number of esters is 1. The van der Waals surface area contributed by atoms with Crippen LogP contribution in [-0.2, 0) is 23.9 Å². The number of rotatable bonds is 6. The van der Waals surface area contributed by atoms with Crippen LogP contribution < -0.4 is 5.32 Å². The standard InChI is InChI=1S/C26H26N2O6S/c1-26(2,3)34-25(32)27-19-22(30)28-20(18(14-29)15-35-23(19)28)24(31)33-21(16-10-6-4-7-11-16)17-12-8-5-9-13-17/h4-14,19,21,23H,15H2,1-3H3,(H,27,32)/t19-,23-/m1/s1. The number of carbonyl (C=O) groups excluding carboxylic acids is 4. The maximum absolute atomic E-state index is 13.4. The number of nitrogens with zero attached hydrogens (tertiary/aromatic N) is 1. The third-order valence-electron chi connectivity index (χ3n) is 5.44. The SMILES string of the molecule is CC(C)(C)OC(=O)N[C@@H]1C(=O)N2C(C(=O)OC(c3ccccc3)c3ccccc3)=C(C=O)CS[C@H]12. The van der Waals surface area contributed by atoms with Gasteiger partial charge in [0, 0.05) is 11.3 Å². The van der Waals surface area contributed by atoms with Crippen molar-refractivity contribution < 1.29 is 28.7 Å². The van der Waals surface area contributed by atoms with E-state index in [1.165, 1.54) is 16.7 Å². The van der Waals surface area contributed by atoms with Crippen molar-refractivity contribution in [1.82, 2.24) is 10.2 Å². The molecule has 2 aromatic carbocycles. The Morgan fingerprint density at radius 2 is 1.63 bits per heavy atom. The average molecular weight is 495 g/mol. The highest BCUT2D eigenvalue weighted by molar-refractivity contribution is 8.00. The molecule has 8 nitrogen and oxygen atoms in total. The summed E-state index contributed by atoms with van der Waals surface area (Å²) in [6, 6.07) is 17.6. The molecule has 35 heavy (non-hydrogen) atoms. The number of benzene rings is 2. The molecular formula is C26H26N2O6S. The predicted octanol–water partition coefficient (Wildman–Crippen LogP) is 3.58. The zero-order chi connectivity index (χ0) is 25.2. The Labute approximate surface area is 207 Å². The molecule has 1 N–H and O–H groups in total. The summed E-state index contributed by atoms with van der Waals surface area (Å²) in [5.74, 6) is -1.08. The van der Waals surface area contributed by atoms with Gasteiger partial charge in [-0.1, -0.05) is 60.7 Å². The van der Waals surface area contributed by atoms with Gasteiger partial charge in [0.05, 0.1) is 0 Å². The van der Waals surface area contributed by atoms with Crippen molar-refractivity contribution in [1.29, 1.82) is 0 Å². The summed E-state index contributed by atoms with van der Waals surface area (Å²) in [4.78, 5) is 51.6. The highest BCUT2D eigenvalue weighted by Crippen LogP contribution is 2.41. The van der Waals surface area contributed by atoms with Gasteiger partial charge in [-0.2, -0.15) is 0 Å². The van der Waals surface area contributed by atoms with Crippen LogP contribution in [0.15, 0.2) is 71.9 Å². The van der Waals surface area contributed by atoms with E-state index in [1.807, 2.05) is 60.7 Å². The highest BCUT2D eigenvalue weighted by Gasteiger charge is 2.55. The Hall–Kier alpha value is -3.59. The summed E-state index contributed by atoms with van der Waals surface area (Å²) in [6.45, 7) is 5.17. The fourth-order valence-corrected chi connectivity index (χ4v) is 5.19. The van der Waals surface area contributed by atoms with Crippen molar-refractivity contribution in [2.75, 3.05) is 5.75 Å². The van der Waals surface area contributed by atoms with Gasteiger partial charge in [-0.25, -0.2) is 9.59 Å². The number of carbonyl (C=O) groups is 4. The molecular weight excluding hydrogens is 468 g/mol. The molecule has 2 atom stereocenters. The molecule has 0 aromatic heterocycles. The van der Waals surface area contributed by atoms with Crippen LogP contribution in [0.1, 0.15) is 38.0 Å². The maximum atomic E-state index is 13.4. The van der Waals surface area contributed by atoms with Gasteiger partial charge in [0.15, 0.2) is 6.10 Å². The number of aldehydes is 1. The number of nitrogens with one attached hydrogen (secondary N) is 1. The minimum absolute atomic E-state index is 0.0900. The molecule has 0 unspecified atom stereocenters. The van der Waals surface area contributed by atoms with Crippen molar-refractivity contribution in [2.45, 2.75) is 43.9 Å². The number of hydrogen-bond acceptors (Lipinski definition) is 7. The van der Waals surface area contributed by atoms with E-state index in [9.17, 15) is 19.2 Å². The van der Waals surface area contributed by atoms with Crippen LogP contribution in [0.4, 0.5) is 4.79 Å². The quantitative estimate of drug-likeness (QED) is 0.372. The van der Waals surface area contributed by atoms with Crippen LogP contribution in [0.3, 0.4) is 0 Å². The largest absolute Gasteiger partial charge is 0.448 e. The van der Waals surface area contributed by atoms with E-state index in [0.717, 1.165) is 11.1 Å². The lowest BCUT2D eigenvalue weighted by Crippen LogP contribution is -2.70. The third kappa shape index (κ3) is 5.24. The molecule has 4 rings (SSSR count). The summed E-state index contributed by atoms with van der Waals surface area (Å²) in [7, 11) is 0. The molecule has 0 saturated carbocycles. The molecule has 2 amide bonds. The zero-order valence-electron chi connectivity index (χ0n) is 19.6. The molecule has 2 aromatic rings. The van der Waals surface area contributed by atoms with Gasteiger partial charge in [-0.15, -0.1) is 11.8 Å². The second-order valence-corrected chi connectivity index (χ2v) is 10.2. The third-order valence-corrected chi connectivity index (χ3v) is 6.74. The van der Waals surface area contributed by atoms with E-state index in [2.05, 4.69) is 5.32 Å². The molecule has 1 fully saturated rings. The second-order valence-electron chi connectivity index (χ2n) is 9.13. The van der Waals surface area contributed by atoms with Crippen LogP contribution in [-0.4, -0.2) is 51.9 Å². The first-order valence-electron chi connectivity index (χ1n) is 11.1. The Morgan fingerprint density at radius 3 is 2.14 bits per heavy atom. The van der Waals surface area contributed by atoms with Crippen molar-refractivity contribution >= 4 is 36.0 Å². The first kappa shape index (κ1) is 24.5. The minimum Gasteiger partial charge on any atom is -0.448 e. The van der Waals surface area contributed by atoms with E-state index in [1.54, 1.807) is 20.8 Å². The lowest BCUT2D eigenvalue weighted by atomic mass is 10.0. The maximum Gasteiger partial charge on any atom is 0.408 e. The van der Waals surface area contributed by atoms with Crippen LogP contribution in [0.2, 0.25) is 0 Å². The summed E-state index contributed by atoms with van der Waals surface area (Å²) < 4.78 is 11.2. The first-order valence-corrected chi connectivity index (χ1v) is 12.2. The summed E-state index contributed by atoms with van der Waals surface area (Å²) >= 11 is 1.29. The topological polar surface area (TPSA) is 102 Å². The van der Waals surface area contributed by atoms with Crippen molar-refractivity contribution in [3.63, 3.8) is 0 Å². The molecule has 182 valence electrons. The predicted molar refractivity (Wildman–Crippen MR) is 130 cm³/mol. The molecule has 0 spiro atoms. The number of β-lactam (4-membered cyclic amide) rings is 1. The van der Waals surface area contributed by atoms with E-state index in [-0.39, 0.29) is 17.0 Å². The molecule has 2 heterocycles. The summed E-state index contributed by atoms with van der Waals surface area (Å²) in [5, 5.41) is 2.02. The molecule has 0 radical (unpaired) electrons. The monoisotopic (exact) mass is 494 g/mol. The second kappa shape index (κ2) is 9.95. The average Bonchev–Trinajstić information content (AvgIpc) is 2.84. The van der Waals surface area contributed by atoms with Crippen molar-refractivity contribution in [3.05, 3.63) is 83.1 Å². The van der Waals surface area contributed by atoms with Crippen LogP contribution in [0, 0.1) is 0 Å². The number of alkyl carbamates (subject to hydrolysis) is 1. The fourth-order valence-electron chi connectivity index (χ4n) is 3.90. The van der Waals surface area contributed by atoms with Gasteiger partial charge in [-0.05, 0) is 31.9 Å². The molecule has 2 aliphatic rings. The van der Waals surface area contributed by atoms with E-state index < -0.39 is 41.1 Å². The Balaban J connectivity index is 1.57. The van der Waals surface area contributed by atoms with Gasteiger partial charge in [-0.3, -0.25) is 14.5 Å². The van der Waals surface area contributed by atoms with Crippen molar-refractivity contribution in [2.24, 2.45) is 0 Å². The zero-order valence-corrected chi connectivity index (χ0v) is 20.4. The Morgan fingerprint density at radius 1 is 1.06 bits per heavy atom. The van der Waals surface area contributed by atoms with Gasteiger partial charge >= 0.3 is 12.1 Å². The molecule has 0 aliphatic carbocycles. The molecule has 2 aliphatic heterocycles. The molecule has 9 heteroatoms. The number of thioether (sulfide) groups is 1. The molecule has 0 bridgehead atoms. The first-order chi connectivity index (χ1) is 16.7. The number of hydrogen-bond donors (Lipinski definition) is 1. The number of fused-ring (bicyclic) bond motifs is 1. The lowest BCUT2D eigenvalue weighted by Gasteiger charge is -2.49. The van der Waals surface area contributed by atoms with Gasteiger partial charge in [0.25, 0.3) is 5.91 Å². The van der Waals surface area contributed by atoms with Crippen LogP contribution in [0.25, 0.3) is 0 Å². The van der Waals surface area contributed by atoms with Gasteiger partial charge in [0.1, 0.15) is 29.0 Å². The smallest absolute Gasteiger partial charge is 0.408 e. The number of ether oxygens (including phenoxy) is 2. The van der Waals surface area contributed by atoms with Crippen LogP contribution >= 0.6 is 11.8 Å². The fraction of sp³-hybridized carbons (Fsp3) is 0.308. The van der Waals surface area contributed by atoms with E-state index in [0.29, 0.717) is 6.29 Å². The van der Waals surface area contributed by atoms with Crippen molar-refractivity contribution in [3.8, 4) is 0 Å². The number of amides is 2. The molecule has 1 saturated heterocycles. The van der Waals surface area contributed by atoms with E-state index >= 15 is 0 Å². The highest BCUT2D eigenvalue weighted by atomic mass is 32.2. The Bertz CT molecular complexity index is 1120. The van der Waals surface area contributed by atoms with Gasteiger partial charge in [0.2, 0.25) is 0 Å². The summed E-state index contributed by atoms with van der Waals surface area (Å²) in [5.41, 5.74) is 0.857. The minimum atomic E-state index is -0.870.